The van der Waals surface area contributed by atoms with Gasteiger partial charge in [-0.15, -0.1) is 4.37 Å². The Balaban J connectivity index is 1.81. The molecule has 0 atom stereocenters. The Morgan fingerprint density at radius 3 is 2.83 bits per heavy atom. The van der Waals surface area contributed by atoms with E-state index >= 15 is 0 Å². The molecule has 0 spiro atoms. The summed E-state index contributed by atoms with van der Waals surface area (Å²) in [6, 6.07) is 0. The van der Waals surface area contributed by atoms with E-state index in [4.69, 9.17) is 9.84 Å². The normalized spacial score (nSPS) is 15.3. The third-order valence-corrected chi connectivity index (χ3v) is 4.04. The quantitative estimate of drug-likeness (QED) is 0.744. The lowest BCUT2D eigenvalue weighted by atomic mass is 10.1. The second-order valence-electron chi connectivity index (χ2n) is 5.41. The van der Waals surface area contributed by atoms with Gasteiger partial charge in [0.05, 0.1) is 24.9 Å². The Morgan fingerprint density at radius 2 is 2.12 bits per heavy atom. The predicted molar refractivity (Wildman–Crippen MR) is 82.1 cm³/mol. The summed E-state index contributed by atoms with van der Waals surface area (Å²) in [6.07, 6.45) is -2.40. The third-order valence-electron chi connectivity index (χ3n) is 3.53. The van der Waals surface area contributed by atoms with Crippen LogP contribution in [0.3, 0.4) is 0 Å². The Morgan fingerprint density at radius 1 is 1.33 bits per heavy atom. The van der Waals surface area contributed by atoms with Crippen LogP contribution in [0.2, 0.25) is 0 Å². The second kappa shape index (κ2) is 8.32. The number of carboxylic acid groups (broad SMARTS) is 1. The monoisotopic (exact) mass is 365 g/mol. The number of alkyl halides is 3. The van der Waals surface area contributed by atoms with E-state index in [1.54, 1.807) is 0 Å². The van der Waals surface area contributed by atoms with Gasteiger partial charge in [-0.2, -0.15) is 17.5 Å². The molecule has 2 rings (SSSR count). The van der Waals surface area contributed by atoms with Crippen molar-refractivity contribution in [2.24, 2.45) is 0 Å². The SMILES string of the molecule is O=C(O)N1CCC=C(c2nsnc2OCCCCCC(F)(F)F)C1. The lowest BCUT2D eigenvalue weighted by Crippen LogP contribution is -2.34. The minimum Gasteiger partial charge on any atom is -0.475 e. The molecule has 1 aliphatic heterocycles. The van der Waals surface area contributed by atoms with Crippen molar-refractivity contribution in [1.82, 2.24) is 13.6 Å². The number of nitrogens with zero attached hydrogens (tertiary/aromatic N) is 3. The number of carbonyl (C=O) groups is 1. The van der Waals surface area contributed by atoms with E-state index < -0.39 is 18.7 Å². The van der Waals surface area contributed by atoms with E-state index in [1.165, 1.54) is 4.90 Å². The van der Waals surface area contributed by atoms with Gasteiger partial charge in [0.2, 0.25) is 0 Å². The van der Waals surface area contributed by atoms with Crippen LogP contribution in [0.1, 0.15) is 37.8 Å². The van der Waals surface area contributed by atoms with Gasteiger partial charge in [-0.1, -0.05) is 6.08 Å². The van der Waals surface area contributed by atoms with Gasteiger partial charge < -0.3 is 14.7 Å². The molecule has 134 valence electrons. The van der Waals surface area contributed by atoms with E-state index in [0.717, 1.165) is 17.3 Å². The average molecular weight is 365 g/mol. The first-order valence-electron chi connectivity index (χ1n) is 7.56. The second-order valence-corrected chi connectivity index (χ2v) is 5.94. The molecule has 1 aromatic rings. The first-order chi connectivity index (χ1) is 11.4. The Kier molecular flexibility index (Phi) is 6.41. The lowest BCUT2D eigenvalue weighted by molar-refractivity contribution is -0.135. The highest BCUT2D eigenvalue weighted by Gasteiger charge is 2.26. The van der Waals surface area contributed by atoms with Gasteiger partial charge in [0.15, 0.2) is 0 Å². The van der Waals surface area contributed by atoms with Crippen molar-refractivity contribution in [3.63, 3.8) is 0 Å². The van der Waals surface area contributed by atoms with E-state index in [1.807, 2.05) is 6.08 Å². The molecule has 0 saturated heterocycles. The number of hydrogen-bond acceptors (Lipinski definition) is 5. The maximum Gasteiger partial charge on any atom is 0.407 e. The zero-order valence-corrected chi connectivity index (χ0v) is 13.7. The van der Waals surface area contributed by atoms with E-state index in [0.29, 0.717) is 37.4 Å². The van der Waals surface area contributed by atoms with Crippen molar-refractivity contribution in [1.29, 1.82) is 0 Å². The van der Waals surface area contributed by atoms with Gasteiger partial charge in [0.25, 0.3) is 5.88 Å². The zero-order chi connectivity index (χ0) is 17.6. The van der Waals surface area contributed by atoms with Gasteiger partial charge in [-0.3, -0.25) is 0 Å². The summed E-state index contributed by atoms with van der Waals surface area (Å²) in [6.45, 7) is 0.917. The summed E-state index contributed by atoms with van der Waals surface area (Å²) in [5.41, 5.74) is 1.26. The highest BCUT2D eigenvalue weighted by Crippen LogP contribution is 2.28. The van der Waals surface area contributed by atoms with Crippen LogP contribution < -0.4 is 4.74 Å². The van der Waals surface area contributed by atoms with Crippen LogP contribution in [0.4, 0.5) is 18.0 Å². The maximum atomic E-state index is 12.0. The molecule has 6 nitrogen and oxygen atoms in total. The molecule has 0 aliphatic carbocycles. The lowest BCUT2D eigenvalue weighted by Gasteiger charge is -2.23. The smallest absolute Gasteiger partial charge is 0.407 e. The van der Waals surface area contributed by atoms with Crippen molar-refractivity contribution in [3.8, 4) is 5.88 Å². The topological polar surface area (TPSA) is 75.5 Å². The number of aromatic nitrogens is 2. The molecule has 0 aromatic carbocycles. The van der Waals surface area contributed by atoms with Crippen LogP contribution in [0, 0.1) is 0 Å². The zero-order valence-electron chi connectivity index (χ0n) is 12.9. The molecule has 0 bridgehead atoms. The highest BCUT2D eigenvalue weighted by molar-refractivity contribution is 6.99. The van der Waals surface area contributed by atoms with E-state index in [2.05, 4.69) is 8.75 Å². The van der Waals surface area contributed by atoms with E-state index in [-0.39, 0.29) is 19.6 Å². The molecule has 1 aliphatic rings. The van der Waals surface area contributed by atoms with Crippen molar-refractivity contribution in [2.75, 3.05) is 19.7 Å². The van der Waals surface area contributed by atoms with Crippen molar-refractivity contribution >= 4 is 23.4 Å². The molecule has 10 heteroatoms. The molecule has 0 saturated carbocycles. The van der Waals surface area contributed by atoms with Gasteiger partial charge in [-0.05, 0) is 25.7 Å². The molecule has 1 N–H and O–H groups in total. The van der Waals surface area contributed by atoms with Gasteiger partial charge >= 0.3 is 12.3 Å². The maximum absolute atomic E-state index is 12.0. The van der Waals surface area contributed by atoms with E-state index in [9.17, 15) is 18.0 Å². The molecule has 0 fully saturated rings. The summed E-state index contributed by atoms with van der Waals surface area (Å²) in [5.74, 6) is 0.314. The summed E-state index contributed by atoms with van der Waals surface area (Å²) in [5, 5.41) is 9.06. The van der Waals surface area contributed by atoms with Crippen LogP contribution >= 0.6 is 11.7 Å². The van der Waals surface area contributed by atoms with Crippen molar-refractivity contribution in [2.45, 2.75) is 38.3 Å². The standard InChI is InChI=1S/C14H18F3N3O3S/c15-14(16,17)6-2-1-3-8-23-12-11(18-24-19-12)10-5-4-7-20(9-10)13(21)22/h5H,1-4,6-9H2,(H,21,22). The Hall–Kier alpha value is -1.84. The number of ether oxygens (including phenoxy) is 1. The molecule has 0 radical (unpaired) electrons. The fourth-order valence-corrected chi connectivity index (χ4v) is 2.85. The molecule has 0 unspecified atom stereocenters. The van der Waals surface area contributed by atoms with Gasteiger partial charge in [-0.25, -0.2) is 4.79 Å². The molecule has 1 amide bonds. The summed E-state index contributed by atoms with van der Waals surface area (Å²) < 4.78 is 49.8. The number of amides is 1. The van der Waals surface area contributed by atoms with Crippen molar-refractivity contribution < 1.29 is 27.8 Å². The molecular formula is C14H18F3N3O3S. The van der Waals surface area contributed by atoms with Crippen LogP contribution in [-0.4, -0.2) is 50.7 Å². The third kappa shape index (κ3) is 5.66. The fourth-order valence-electron chi connectivity index (χ4n) is 2.32. The highest BCUT2D eigenvalue weighted by atomic mass is 32.1. The summed E-state index contributed by atoms with van der Waals surface area (Å²) in [4.78, 5) is 12.3. The molecule has 24 heavy (non-hydrogen) atoms. The first kappa shape index (κ1) is 18.5. The van der Waals surface area contributed by atoms with Crippen LogP contribution in [0.5, 0.6) is 5.88 Å². The fraction of sp³-hybridized carbons (Fsp3) is 0.643. The number of hydrogen-bond donors (Lipinski definition) is 1. The summed E-state index contributed by atoms with van der Waals surface area (Å²) >= 11 is 0.961. The number of rotatable bonds is 7. The number of halogens is 3. The average Bonchev–Trinajstić information content (AvgIpc) is 2.98. The van der Waals surface area contributed by atoms with Crippen LogP contribution in [0.25, 0.3) is 5.57 Å². The van der Waals surface area contributed by atoms with Gasteiger partial charge in [0.1, 0.15) is 5.69 Å². The van der Waals surface area contributed by atoms with Crippen LogP contribution in [0.15, 0.2) is 6.08 Å². The molecular weight excluding hydrogens is 347 g/mol. The Labute approximate surface area is 141 Å². The predicted octanol–water partition coefficient (Wildman–Crippen LogP) is 3.81. The first-order valence-corrected chi connectivity index (χ1v) is 8.29. The molecule has 2 heterocycles. The minimum atomic E-state index is -4.11. The summed E-state index contributed by atoms with van der Waals surface area (Å²) in [7, 11) is 0. The molecule has 1 aromatic heterocycles. The number of unbranched alkanes of at least 4 members (excludes halogenated alkanes) is 2. The van der Waals surface area contributed by atoms with Gasteiger partial charge in [0, 0.05) is 18.5 Å². The minimum absolute atomic E-state index is 0.0771. The Bertz CT molecular complexity index is 589. The largest absolute Gasteiger partial charge is 0.475 e. The van der Waals surface area contributed by atoms with Crippen molar-refractivity contribution in [3.05, 3.63) is 11.8 Å². The van der Waals surface area contributed by atoms with Crippen LogP contribution in [-0.2, 0) is 0 Å².